The van der Waals surface area contributed by atoms with Crippen molar-refractivity contribution in [2.24, 2.45) is 0 Å². The zero-order valence-electron chi connectivity index (χ0n) is 40.0. The van der Waals surface area contributed by atoms with E-state index in [4.69, 9.17) is 43.8 Å². The van der Waals surface area contributed by atoms with Gasteiger partial charge in [-0.05, 0) is 154 Å². The summed E-state index contributed by atoms with van der Waals surface area (Å²) in [4.78, 5) is 41.7. The normalized spacial score (nSPS) is 19.0. The lowest BCUT2D eigenvalue weighted by Crippen LogP contribution is -2.34. The van der Waals surface area contributed by atoms with Gasteiger partial charge in [0.1, 0.15) is 23.4 Å². The number of ether oxygens (including phenoxy) is 2. The maximum atomic E-state index is 12.2. The molecule has 15 nitrogen and oxygen atoms in total. The lowest BCUT2D eigenvalue weighted by molar-refractivity contribution is -0.143. The van der Waals surface area contributed by atoms with E-state index >= 15 is 0 Å². The van der Waals surface area contributed by atoms with Gasteiger partial charge < -0.3 is 45.3 Å². The van der Waals surface area contributed by atoms with E-state index in [1.807, 2.05) is 36.4 Å². The Morgan fingerprint density at radius 3 is 1.83 bits per heavy atom. The molecule has 2 aliphatic carbocycles. The van der Waals surface area contributed by atoms with Crippen LogP contribution in [-0.2, 0) is 49.5 Å². The smallest absolute Gasteiger partial charge is 0.537 e. The summed E-state index contributed by atoms with van der Waals surface area (Å²) in [6.07, 6.45) is 15.8. The number of carboxylic acids is 2. The highest BCUT2D eigenvalue weighted by Crippen LogP contribution is 2.45. The SMILES string of the molecule is Cl.Cl.O=C(O)C(c1ccccc1C1CC1)N1CC[C@@H](OCCCc2ccc3c(n2)NCCC3)C1.O=CC(=O)O.O[B]Oc1ccccc1C1CC1.c1cc2c(nc1CCCO[C@@H]1CCNC1)NCCC2. The van der Waals surface area contributed by atoms with E-state index in [0.29, 0.717) is 31.1 Å². The molecule has 2 aromatic heterocycles. The quantitative estimate of drug-likeness (QED) is 0.0247. The Bertz CT molecular complexity index is 2250. The van der Waals surface area contributed by atoms with Crippen molar-refractivity contribution in [1.82, 2.24) is 20.2 Å². The summed E-state index contributed by atoms with van der Waals surface area (Å²) in [6.45, 7) is 7.15. The second-order valence-corrected chi connectivity index (χ2v) is 18.3. The van der Waals surface area contributed by atoms with E-state index < -0.39 is 18.0 Å². The number of benzene rings is 2. The fraction of sp³-hybridized carbons (Fsp3) is 0.519. The highest BCUT2D eigenvalue weighted by molar-refractivity contribution is 6.19. The summed E-state index contributed by atoms with van der Waals surface area (Å²) in [5.41, 5.74) is 8.37. The number of nitrogens with zero attached hydrogens (tertiary/aromatic N) is 3. The minimum Gasteiger partial charge on any atom is -0.537 e. The van der Waals surface area contributed by atoms with Gasteiger partial charge in [0, 0.05) is 57.3 Å². The third kappa shape index (κ3) is 17.5. The number of anilines is 2. The molecule has 6 heterocycles. The standard InChI is InChI=1S/C26H33N3O3.C15H23N3O.C9H10BO2.C2H2O3.2ClH/c30-26(31)24(23-8-2-1-7-22(23)18-9-10-18)29-15-13-21(17-29)32-16-4-6-20-12-11-19-5-3-14-27-25(19)28-20;1-3-12-5-6-13(18-15(12)17-8-1)4-2-10-19-14-7-9-16-11-14;11-10-12-9-4-2-1-3-8(9)7-5-6-7;3-1-2(4)5;;/h1-2,7-8,11-12,18,21,24H,3-6,9-10,13-17H2,(H,27,28)(H,30,31);5-6,14,16H,1-4,7-11H2,(H,17,18);1-4,7,11H,5-6H2;1H,(H,4,5);2*1H/t21-,24?;14-;;;;/m11..../s1. The van der Waals surface area contributed by atoms with Crippen molar-refractivity contribution in [3.8, 4) is 5.75 Å². The number of aldehydes is 1. The second-order valence-electron chi connectivity index (χ2n) is 18.3. The highest BCUT2D eigenvalue weighted by atomic mass is 35.5. The van der Waals surface area contributed by atoms with Crippen LogP contribution in [0.4, 0.5) is 11.6 Å². The van der Waals surface area contributed by atoms with Crippen molar-refractivity contribution in [3.05, 3.63) is 112 Å². The summed E-state index contributed by atoms with van der Waals surface area (Å²) in [5, 5.41) is 36.0. The summed E-state index contributed by atoms with van der Waals surface area (Å²) >= 11 is 0. The van der Waals surface area contributed by atoms with Crippen LogP contribution in [0.5, 0.6) is 5.75 Å². The van der Waals surface area contributed by atoms with Gasteiger partial charge in [0.2, 0.25) is 6.29 Å². The fourth-order valence-electron chi connectivity index (χ4n) is 9.31. The molecule has 1 radical (unpaired) electrons. The number of fused-ring (bicyclic) bond motifs is 2. The van der Waals surface area contributed by atoms with Gasteiger partial charge >= 0.3 is 19.6 Å². The first kappa shape index (κ1) is 56.1. The van der Waals surface area contributed by atoms with Crippen molar-refractivity contribution in [1.29, 1.82) is 0 Å². The first-order valence-electron chi connectivity index (χ1n) is 24.6. The number of nitrogens with one attached hydrogen (secondary N) is 3. The molecule has 2 aromatic carbocycles. The summed E-state index contributed by atoms with van der Waals surface area (Å²) in [6, 6.07) is 24.1. The molecule has 4 fully saturated rings. The number of halogens is 2. The van der Waals surface area contributed by atoms with Gasteiger partial charge in [-0.3, -0.25) is 14.5 Å². The van der Waals surface area contributed by atoms with E-state index in [1.165, 1.54) is 66.5 Å². The van der Waals surface area contributed by atoms with Crippen molar-refractivity contribution < 1.29 is 43.7 Å². The first-order chi connectivity index (χ1) is 33.3. The van der Waals surface area contributed by atoms with Crippen LogP contribution in [0.25, 0.3) is 0 Å². The molecule has 2 saturated carbocycles. The maximum Gasteiger partial charge on any atom is 0.569 e. The molecule has 70 heavy (non-hydrogen) atoms. The maximum absolute atomic E-state index is 12.2. The molecule has 1 unspecified atom stereocenters. The molecule has 18 heteroatoms. The summed E-state index contributed by atoms with van der Waals surface area (Å²) in [7, 11) is 0.737. The van der Waals surface area contributed by atoms with Crippen LogP contribution in [0.2, 0.25) is 0 Å². The number of carbonyl (C=O) groups is 3. The van der Waals surface area contributed by atoms with Crippen molar-refractivity contribution in [2.75, 3.05) is 63.1 Å². The van der Waals surface area contributed by atoms with Gasteiger partial charge in [0.15, 0.2) is 0 Å². The molecule has 4 aromatic rings. The monoisotopic (exact) mass is 1000 g/mol. The number of rotatable bonds is 18. The number of aryl methyl sites for hydroxylation is 4. The number of likely N-dealkylation sites (tertiary alicyclic amines) is 1. The third-order valence-electron chi connectivity index (χ3n) is 13.1. The number of carboxylic acid groups (broad SMARTS) is 2. The van der Waals surface area contributed by atoms with E-state index in [1.54, 1.807) is 0 Å². The fourth-order valence-corrected chi connectivity index (χ4v) is 9.31. The highest BCUT2D eigenvalue weighted by Gasteiger charge is 2.37. The molecule has 2 saturated heterocycles. The molecule has 6 N–H and O–H groups in total. The average Bonchev–Trinajstić information content (AvgIpc) is 4.30. The minimum absolute atomic E-state index is 0. The van der Waals surface area contributed by atoms with Gasteiger partial charge in [-0.25, -0.2) is 14.8 Å². The zero-order chi connectivity index (χ0) is 47.5. The lowest BCUT2D eigenvalue weighted by Gasteiger charge is -2.26. The summed E-state index contributed by atoms with van der Waals surface area (Å²) in [5.74, 6) is 1.94. The second kappa shape index (κ2) is 29.5. The van der Waals surface area contributed by atoms with Gasteiger partial charge in [-0.1, -0.05) is 54.6 Å². The molecule has 0 spiro atoms. The van der Waals surface area contributed by atoms with E-state index in [-0.39, 0.29) is 37.2 Å². The molecule has 0 bridgehead atoms. The molecular weight excluding hydrogens is 934 g/mol. The van der Waals surface area contributed by atoms with Crippen LogP contribution in [0.3, 0.4) is 0 Å². The van der Waals surface area contributed by atoms with Crippen molar-refractivity contribution in [3.63, 3.8) is 0 Å². The predicted molar refractivity (Wildman–Crippen MR) is 276 cm³/mol. The number of hydrogen-bond acceptors (Lipinski definition) is 13. The van der Waals surface area contributed by atoms with Crippen LogP contribution < -0.4 is 20.6 Å². The van der Waals surface area contributed by atoms with Crippen molar-refractivity contribution >= 4 is 62.4 Å². The predicted octanol–water partition coefficient (Wildman–Crippen LogP) is 7.50. The number of hydrogen-bond donors (Lipinski definition) is 6. The summed E-state index contributed by atoms with van der Waals surface area (Å²) < 4.78 is 16.9. The first-order valence-corrected chi connectivity index (χ1v) is 24.6. The Kier molecular flexibility index (Phi) is 23.7. The molecule has 4 aliphatic heterocycles. The van der Waals surface area contributed by atoms with Gasteiger partial charge in [-0.2, -0.15) is 0 Å². The molecule has 379 valence electrons. The van der Waals surface area contributed by atoms with E-state index in [0.717, 1.165) is 127 Å². The average molecular weight is 1000 g/mol. The molecule has 10 rings (SSSR count). The number of para-hydroxylation sites is 1. The topological polar surface area (TPSA) is 205 Å². The number of carbonyl (C=O) groups excluding carboxylic acids is 1. The third-order valence-corrected chi connectivity index (χ3v) is 13.1. The number of aliphatic carboxylic acids is 2. The minimum atomic E-state index is -1.43. The van der Waals surface area contributed by atoms with E-state index in [2.05, 4.69) is 57.2 Å². The molecular formula is C52H70BCl2N6O9. The Labute approximate surface area is 425 Å². The van der Waals surface area contributed by atoms with Crippen LogP contribution >= 0.6 is 24.8 Å². The Morgan fingerprint density at radius 1 is 0.729 bits per heavy atom. The van der Waals surface area contributed by atoms with Crippen LogP contribution in [-0.4, -0.2) is 121 Å². The van der Waals surface area contributed by atoms with E-state index in [9.17, 15) is 9.90 Å². The largest absolute Gasteiger partial charge is 0.569 e. The van der Waals surface area contributed by atoms with Crippen LogP contribution in [0, 0.1) is 0 Å². The zero-order valence-corrected chi connectivity index (χ0v) is 41.6. The molecule has 0 amide bonds. The molecule has 3 atom stereocenters. The van der Waals surface area contributed by atoms with Crippen LogP contribution in [0.15, 0.2) is 72.8 Å². The lowest BCUT2D eigenvalue weighted by atomic mass is 9.96. The van der Waals surface area contributed by atoms with Crippen LogP contribution in [0.1, 0.15) is 121 Å². The van der Waals surface area contributed by atoms with Crippen molar-refractivity contribution in [2.45, 2.75) is 120 Å². The Hall–Kier alpha value is -4.81. The van der Waals surface area contributed by atoms with Gasteiger partial charge in [-0.15, -0.1) is 24.8 Å². The number of pyridine rings is 2. The number of aromatic nitrogens is 2. The van der Waals surface area contributed by atoms with Gasteiger partial charge in [0.25, 0.3) is 0 Å². The Balaban J connectivity index is 0.000000203. The Morgan fingerprint density at radius 2 is 1.29 bits per heavy atom. The van der Waals surface area contributed by atoms with Gasteiger partial charge in [0.05, 0.1) is 12.2 Å². The molecule has 6 aliphatic rings.